The predicted octanol–water partition coefficient (Wildman–Crippen LogP) is 2.14. The number of ether oxygens (including phenoxy) is 1. The molecule has 0 aromatic carbocycles. The second-order valence-corrected chi connectivity index (χ2v) is 4.47. The molecule has 0 aliphatic rings. The zero-order chi connectivity index (χ0) is 12.1. The predicted molar refractivity (Wildman–Crippen MR) is 65.3 cm³/mol. The summed E-state index contributed by atoms with van der Waals surface area (Å²) in [5, 5.41) is 2.78. The van der Waals surface area contributed by atoms with Gasteiger partial charge in [0.15, 0.2) is 11.9 Å². The minimum Gasteiger partial charge on any atom is -0.478 e. The first-order valence-electron chi connectivity index (χ1n) is 5.08. The van der Waals surface area contributed by atoms with Crippen molar-refractivity contribution in [2.24, 2.45) is 0 Å². The molecule has 5 heteroatoms. The highest BCUT2D eigenvalue weighted by atomic mass is 79.9. The van der Waals surface area contributed by atoms with Crippen LogP contribution in [0.5, 0.6) is 5.75 Å². The maximum atomic E-state index is 11.6. The van der Waals surface area contributed by atoms with Gasteiger partial charge in [0.1, 0.15) is 4.60 Å². The van der Waals surface area contributed by atoms with Gasteiger partial charge in [-0.3, -0.25) is 4.79 Å². The van der Waals surface area contributed by atoms with Crippen LogP contribution in [-0.2, 0) is 4.79 Å². The van der Waals surface area contributed by atoms with E-state index in [0.717, 1.165) is 0 Å². The number of nitrogens with zero attached hydrogens (tertiary/aromatic N) is 1. The highest BCUT2D eigenvalue weighted by Gasteiger charge is 2.16. The Bertz CT molecular complexity index is 369. The molecule has 1 aromatic heterocycles. The zero-order valence-corrected chi connectivity index (χ0v) is 11.1. The van der Waals surface area contributed by atoms with Crippen LogP contribution >= 0.6 is 15.9 Å². The zero-order valence-electron chi connectivity index (χ0n) is 9.53. The molecule has 0 radical (unpaired) electrons. The summed E-state index contributed by atoms with van der Waals surface area (Å²) >= 11 is 3.26. The lowest BCUT2D eigenvalue weighted by molar-refractivity contribution is -0.127. The third kappa shape index (κ3) is 3.81. The summed E-state index contributed by atoms with van der Waals surface area (Å²) in [5.41, 5.74) is 0. The highest BCUT2D eigenvalue weighted by molar-refractivity contribution is 9.10. The number of halogens is 1. The molecule has 0 aliphatic heterocycles. The van der Waals surface area contributed by atoms with Crippen LogP contribution in [0.3, 0.4) is 0 Å². The molecular weight excluding hydrogens is 272 g/mol. The normalized spacial score (nSPS) is 12.3. The molecule has 1 aromatic rings. The summed E-state index contributed by atoms with van der Waals surface area (Å²) in [6.45, 7) is 5.52. The lowest BCUT2D eigenvalue weighted by Crippen LogP contribution is -2.40. The Hall–Kier alpha value is -1.10. The summed E-state index contributed by atoms with van der Waals surface area (Å²) in [6.07, 6.45) is 1.11. The lowest BCUT2D eigenvalue weighted by Gasteiger charge is -2.16. The van der Waals surface area contributed by atoms with Gasteiger partial charge in [0.05, 0.1) is 0 Å². The van der Waals surface area contributed by atoms with E-state index in [1.165, 1.54) is 0 Å². The van der Waals surface area contributed by atoms with Crippen molar-refractivity contribution in [3.8, 4) is 5.75 Å². The van der Waals surface area contributed by atoms with Crippen molar-refractivity contribution >= 4 is 21.8 Å². The standard InChI is InChI=1S/C11H15BrN2O2/c1-7(2)14-11(15)8(3)16-9-5-4-6-13-10(9)12/h4-8H,1-3H3,(H,14,15). The van der Waals surface area contributed by atoms with Crippen molar-refractivity contribution in [3.63, 3.8) is 0 Å². The fraction of sp³-hybridized carbons (Fsp3) is 0.455. The Morgan fingerprint density at radius 3 is 2.75 bits per heavy atom. The molecule has 88 valence electrons. The molecule has 0 fully saturated rings. The lowest BCUT2D eigenvalue weighted by atomic mass is 10.3. The molecule has 1 atom stereocenters. The van der Waals surface area contributed by atoms with E-state index >= 15 is 0 Å². The van der Waals surface area contributed by atoms with E-state index in [9.17, 15) is 4.79 Å². The molecule has 0 saturated heterocycles. The SMILES string of the molecule is CC(C)NC(=O)C(C)Oc1cccnc1Br. The van der Waals surface area contributed by atoms with Crippen LogP contribution in [0.1, 0.15) is 20.8 Å². The summed E-state index contributed by atoms with van der Waals surface area (Å²) in [6, 6.07) is 3.62. The minimum atomic E-state index is -0.539. The van der Waals surface area contributed by atoms with Crippen molar-refractivity contribution in [1.29, 1.82) is 0 Å². The van der Waals surface area contributed by atoms with E-state index in [0.29, 0.717) is 10.4 Å². The van der Waals surface area contributed by atoms with Gasteiger partial charge >= 0.3 is 0 Å². The smallest absolute Gasteiger partial charge is 0.260 e. The van der Waals surface area contributed by atoms with E-state index in [1.807, 2.05) is 13.8 Å². The van der Waals surface area contributed by atoms with Crippen molar-refractivity contribution in [2.75, 3.05) is 0 Å². The second kappa shape index (κ2) is 5.84. The number of carbonyl (C=O) groups excluding carboxylic acids is 1. The summed E-state index contributed by atoms with van der Waals surface area (Å²) in [4.78, 5) is 15.6. The number of pyridine rings is 1. The largest absolute Gasteiger partial charge is 0.478 e. The van der Waals surface area contributed by atoms with Gasteiger partial charge in [-0.15, -0.1) is 0 Å². The average Bonchev–Trinajstić information content (AvgIpc) is 2.20. The summed E-state index contributed by atoms with van der Waals surface area (Å²) < 4.78 is 6.08. The van der Waals surface area contributed by atoms with Crippen LogP contribution < -0.4 is 10.1 Å². The molecule has 0 saturated carbocycles. The van der Waals surface area contributed by atoms with Crippen LogP contribution in [0.15, 0.2) is 22.9 Å². The Morgan fingerprint density at radius 1 is 1.50 bits per heavy atom. The molecule has 4 nitrogen and oxygen atoms in total. The van der Waals surface area contributed by atoms with Crippen LogP contribution in [-0.4, -0.2) is 23.0 Å². The Morgan fingerprint density at radius 2 is 2.19 bits per heavy atom. The minimum absolute atomic E-state index is 0.107. The molecule has 0 aliphatic carbocycles. The number of rotatable bonds is 4. The van der Waals surface area contributed by atoms with Crippen molar-refractivity contribution in [1.82, 2.24) is 10.3 Å². The average molecular weight is 287 g/mol. The first kappa shape index (κ1) is 13.0. The number of aromatic nitrogens is 1. The molecule has 1 heterocycles. The van der Waals surface area contributed by atoms with Crippen molar-refractivity contribution in [2.45, 2.75) is 32.9 Å². The molecule has 0 spiro atoms. The van der Waals surface area contributed by atoms with Gasteiger partial charge < -0.3 is 10.1 Å². The van der Waals surface area contributed by atoms with Gasteiger partial charge in [-0.1, -0.05) is 0 Å². The monoisotopic (exact) mass is 286 g/mol. The summed E-state index contributed by atoms with van der Waals surface area (Å²) in [7, 11) is 0. The first-order valence-corrected chi connectivity index (χ1v) is 5.87. The molecule has 0 bridgehead atoms. The van der Waals surface area contributed by atoms with E-state index in [4.69, 9.17) is 4.74 Å². The quantitative estimate of drug-likeness (QED) is 0.863. The maximum Gasteiger partial charge on any atom is 0.260 e. The van der Waals surface area contributed by atoms with Crippen molar-refractivity contribution < 1.29 is 9.53 Å². The van der Waals surface area contributed by atoms with E-state index < -0.39 is 6.10 Å². The Balaban J connectivity index is 2.61. The number of amides is 1. The number of hydrogen-bond acceptors (Lipinski definition) is 3. The molecule has 1 unspecified atom stereocenters. The third-order valence-electron chi connectivity index (χ3n) is 1.83. The van der Waals surface area contributed by atoms with Crippen LogP contribution in [0.4, 0.5) is 0 Å². The molecule has 1 N–H and O–H groups in total. The molecule has 1 rings (SSSR count). The second-order valence-electron chi connectivity index (χ2n) is 3.72. The highest BCUT2D eigenvalue weighted by Crippen LogP contribution is 2.22. The molecular formula is C11H15BrN2O2. The van der Waals surface area contributed by atoms with Crippen LogP contribution in [0, 0.1) is 0 Å². The van der Waals surface area contributed by atoms with Gasteiger partial charge in [0.25, 0.3) is 5.91 Å². The third-order valence-corrected chi connectivity index (χ3v) is 2.42. The van der Waals surface area contributed by atoms with Gasteiger partial charge in [-0.25, -0.2) is 4.98 Å². The fourth-order valence-electron chi connectivity index (χ4n) is 1.11. The topological polar surface area (TPSA) is 51.2 Å². The van der Waals surface area contributed by atoms with E-state index in [-0.39, 0.29) is 11.9 Å². The molecule has 1 amide bonds. The van der Waals surface area contributed by atoms with Crippen molar-refractivity contribution in [3.05, 3.63) is 22.9 Å². The van der Waals surface area contributed by atoms with Crippen LogP contribution in [0.2, 0.25) is 0 Å². The van der Waals surface area contributed by atoms with Gasteiger partial charge in [-0.05, 0) is 48.8 Å². The number of hydrogen-bond donors (Lipinski definition) is 1. The summed E-state index contributed by atoms with van der Waals surface area (Å²) in [5.74, 6) is 0.430. The van der Waals surface area contributed by atoms with Gasteiger partial charge in [0.2, 0.25) is 0 Å². The number of carbonyl (C=O) groups is 1. The van der Waals surface area contributed by atoms with E-state index in [1.54, 1.807) is 25.3 Å². The Kier molecular flexibility index (Phi) is 4.73. The van der Waals surface area contributed by atoms with E-state index in [2.05, 4.69) is 26.2 Å². The van der Waals surface area contributed by atoms with Gasteiger partial charge in [-0.2, -0.15) is 0 Å². The molecule has 16 heavy (non-hydrogen) atoms. The number of nitrogens with one attached hydrogen (secondary N) is 1. The fourth-order valence-corrected chi connectivity index (χ4v) is 1.45. The van der Waals surface area contributed by atoms with Crippen LogP contribution in [0.25, 0.3) is 0 Å². The van der Waals surface area contributed by atoms with Gasteiger partial charge in [0, 0.05) is 12.2 Å². The first-order chi connectivity index (χ1) is 7.50. The Labute approximate surface area is 104 Å². The maximum absolute atomic E-state index is 11.6.